The molecule has 1 atom stereocenters. The van der Waals surface area contributed by atoms with Crippen LogP contribution in [0.3, 0.4) is 0 Å². The molecule has 0 unspecified atom stereocenters. The fraction of sp³-hybridized carbons (Fsp3) is 0.615. The molecule has 0 bridgehead atoms. The maximum absolute atomic E-state index is 4.53. The normalized spacial score (nSPS) is 21.9. The van der Waals surface area contributed by atoms with Crippen molar-refractivity contribution >= 4 is 11.8 Å². The lowest BCUT2D eigenvalue weighted by atomic mass is 10.1. The molecule has 0 aromatic carbocycles. The minimum atomic E-state index is 0.589. The maximum Gasteiger partial charge on any atom is 0.0962 e. The van der Waals surface area contributed by atoms with E-state index in [4.69, 9.17) is 0 Å². The first-order chi connectivity index (χ1) is 7.66. The summed E-state index contributed by atoms with van der Waals surface area (Å²) in [4.78, 5) is 6.96. The first kappa shape index (κ1) is 11.9. The van der Waals surface area contributed by atoms with Crippen molar-refractivity contribution in [1.29, 1.82) is 0 Å². The van der Waals surface area contributed by atoms with E-state index in [9.17, 15) is 0 Å². The molecule has 1 aliphatic heterocycles. The molecule has 0 radical (unpaired) electrons. The van der Waals surface area contributed by atoms with Gasteiger partial charge >= 0.3 is 0 Å². The van der Waals surface area contributed by atoms with Crippen LogP contribution in [0, 0.1) is 0 Å². The van der Waals surface area contributed by atoms with Gasteiger partial charge in [0.1, 0.15) is 0 Å². The van der Waals surface area contributed by atoms with Crippen LogP contribution in [-0.2, 0) is 0 Å². The van der Waals surface area contributed by atoms with E-state index in [1.807, 2.05) is 11.8 Å². The third-order valence-corrected chi connectivity index (χ3v) is 3.98. The highest BCUT2D eigenvalue weighted by Gasteiger charge is 2.22. The molecular weight excluding hydrogens is 216 g/mol. The smallest absolute Gasteiger partial charge is 0.0962 e. The number of hydrogen-bond acceptors (Lipinski definition) is 3. The summed E-state index contributed by atoms with van der Waals surface area (Å²) in [5, 5.41) is 1.74. The van der Waals surface area contributed by atoms with Gasteiger partial charge in [-0.1, -0.05) is 19.9 Å². The van der Waals surface area contributed by atoms with Crippen molar-refractivity contribution in [2.75, 3.05) is 13.6 Å². The van der Waals surface area contributed by atoms with Crippen LogP contribution in [0.4, 0.5) is 0 Å². The average Bonchev–Trinajstić information content (AvgIpc) is 2.65. The van der Waals surface area contributed by atoms with E-state index in [0.717, 1.165) is 5.03 Å². The van der Waals surface area contributed by atoms with Crippen molar-refractivity contribution in [2.45, 2.75) is 43.0 Å². The SMILES string of the molecule is CC(C)Sc1ccc([C@@H]2CCCN2C)cn1. The Bertz CT molecular complexity index is 334. The molecule has 0 aliphatic carbocycles. The van der Waals surface area contributed by atoms with Gasteiger partial charge in [0, 0.05) is 17.5 Å². The summed E-state index contributed by atoms with van der Waals surface area (Å²) >= 11 is 1.83. The number of thioether (sulfide) groups is 1. The molecule has 0 amide bonds. The summed E-state index contributed by atoms with van der Waals surface area (Å²) in [6.45, 7) is 5.61. The molecule has 2 nitrogen and oxygen atoms in total. The van der Waals surface area contributed by atoms with Crippen LogP contribution in [-0.4, -0.2) is 28.7 Å². The highest BCUT2D eigenvalue weighted by atomic mass is 32.2. The van der Waals surface area contributed by atoms with E-state index in [1.165, 1.54) is 24.9 Å². The van der Waals surface area contributed by atoms with Crippen LogP contribution in [0.2, 0.25) is 0 Å². The zero-order valence-electron chi connectivity index (χ0n) is 10.3. The van der Waals surface area contributed by atoms with Crippen LogP contribution in [0.15, 0.2) is 23.4 Å². The second-order valence-electron chi connectivity index (χ2n) is 4.74. The van der Waals surface area contributed by atoms with Gasteiger partial charge in [0.05, 0.1) is 5.03 Å². The lowest BCUT2D eigenvalue weighted by molar-refractivity contribution is 0.317. The van der Waals surface area contributed by atoms with Crippen molar-refractivity contribution in [2.24, 2.45) is 0 Å². The molecule has 1 fully saturated rings. The second kappa shape index (κ2) is 5.19. The first-order valence-electron chi connectivity index (χ1n) is 5.99. The Kier molecular flexibility index (Phi) is 3.87. The van der Waals surface area contributed by atoms with Gasteiger partial charge in [-0.2, -0.15) is 0 Å². The minimum absolute atomic E-state index is 0.589. The van der Waals surface area contributed by atoms with E-state index in [-0.39, 0.29) is 0 Å². The summed E-state index contributed by atoms with van der Waals surface area (Å²) in [5.41, 5.74) is 1.37. The van der Waals surface area contributed by atoms with Crippen molar-refractivity contribution in [3.8, 4) is 0 Å². The highest BCUT2D eigenvalue weighted by molar-refractivity contribution is 7.99. The predicted molar refractivity (Wildman–Crippen MR) is 69.8 cm³/mol. The Morgan fingerprint density at radius 2 is 2.25 bits per heavy atom. The predicted octanol–water partition coefficient (Wildman–Crippen LogP) is 3.35. The van der Waals surface area contributed by atoms with E-state index >= 15 is 0 Å². The first-order valence-corrected chi connectivity index (χ1v) is 6.87. The van der Waals surface area contributed by atoms with Crippen molar-refractivity contribution in [3.05, 3.63) is 23.9 Å². The summed E-state index contributed by atoms with van der Waals surface area (Å²) in [6.07, 6.45) is 4.63. The Balaban J connectivity index is 2.07. The zero-order chi connectivity index (χ0) is 11.5. The topological polar surface area (TPSA) is 16.1 Å². The Morgan fingerprint density at radius 1 is 1.44 bits per heavy atom. The molecule has 1 aliphatic rings. The molecule has 0 spiro atoms. The van der Waals surface area contributed by atoms with E-state index in [2.05, 4.69) is 49.1 Å². The van der Waals surface area contributed by atoms with Gasteiger partial charge in [0.25, 0.3) is 0 Å². The molecule has 1 aromatic heterocycles. The van der Waals surface area contributed by atoms with Crippen LogP contribution in [0.1, 0.15) is 38.3 Å². The van der Waals surface area contributed by atoms with Gasteiger partial charge in [0.15, 0.2) is 0 Å². The van der Waals surface area contributed by atoms with Crippen LogP contribution in [0.5, 0.6) is 0 Å². The average molecular weight is 236 g/mol. The largest absolute Gasteiger partial charge is 0.299 e. The maximum atomic E-state index is 4.53. The zero-order valence-corrected chi connectivity index (χ0v) is 11.1. The lowest BCUT2D eigenvalue weighted by Gasteiger charge is -2.19. The number of likely N-dealkylation sites (tertiary alicyclic amines) is 1. The van der Waals surface area contributed by atoms with Crippen molar-refractivity contribution in [1.82, 2.24) is 9.88 Å². The Labute approximate surface area is 102 Å². The quantitative estimate of drug-likeness (QED) is 0.749. The number of rotatable bonds is 3. The molecule has 2 rings (SSSR count). The minimum Gasteiger partial charge on any atom is -0.299 e. The highest BCUT2D eigenvalue weighted by Crippen LogP contribution is 2.30. The van der Waals surface area contributed by atoms with E-state index in [0.29, 0.717) is 11.3 Å². The van der Waals surface area contributed by atoms with Gasteiger partial charge in [0.2, 0.25) is 0 Å². The fourth-order valence-corrected chi connectivity index (χ4v) is 2.97. The van der Waals surface area contributed by atoms with Gasteiger partial charge in [-0.05, 0) is 38.1 Å². The standard InChI is InChI=1S/C13H20N2S/c1-10(2)16-13-7-6-11(9-14-13)12-5-4-8-15(12)3/h6-7,9-10,12H,4-5,8H2,1-3H3/t12-/m0/s1. The third kappa shape index (κ3) is 2.77. The summed E-state index contributed by atoms with van der Waals surface area (Å²) in [7, 11) is 2.20. The van der Waals surface area contributed by atoms with Gasteiger partial charge in [-0.25, -0.2) is 4.98 Å². The van der Waals surface area contributed by atoms with Crippen LogP contribution in [0.25, 0.3) is 0 Å². The van der Waals surface area contributed by atoms with Gasteiger partial charge in [-0.3, -0.25) is 4.90 Å². The van der Waals surface area contributed by atoms with E-state index in [1.54, 1.807) is 0 Å². The second-order valence-corrected chi connectivity index (χ2v) is 6.33. The molecule has 1 aromatic rings. The third-order valence-electron chi connectivity index (χ3n) is 3.02. The molecule has 2 heterocycles. The monoisotopic (exact) mass is 236 g/mol. The lowest BCUT2D eigenvalue weighted by Crippen LogP contribution is -2.17. The van der Waals surface area contributed by atoms with Crippen LogP contribution < -0.4 is 0 Å². The Morgan fingerprint density at radius 3 is 2.75 bits per heavy atom. The summed E-state index contributed by atoms with van der Waals surface area (Å²) < 4.78 is 0. The summed E-state index contributed by atoms with van der Waals surface area (Å²) in [6, 6.07) is 4.99. The van der Waals surface area contributed by atoms with Crippen LogP contribution >= 0.6 is 11.8 Å². The number of pyridine rings is 1. The number of nitrogens with zero attached hydrogens (tertiary/aromatic N) is 2. The van der Waals surface area contributed by atoms with Crippen molar-refractivity contribution in [3.63, 3.8) is 0 Å². The van der Waals surface area contributed by atoms with Gasteiger partial charge < -0.3 is 0 Å². The number of aromatic nitrogens is 1. The molecule has 16 heavy (non-hydrogen) atoms. The summed E-state index contributed by atoms with van der Waals surface area (Å²) in [5.74, 6) is 0. The molecule has 0 saturated carbocycles. The molecule has 1 saturated heterocycles. The van der Waals surface area contributed by atoms with Crippen molar-refractivity contribution < 1.29 is 0 Å². The molecule has 0 N–H and O–H groups in total. The molecule has 88 valence electrons. The van der Waals surface area contributed by atoms with Gasteiger partial charge in [-0.15, -0.1) is 11.8 Å². The Hall–Kier alpha value is -0.540. The molecule has 3 heteroatoms. The number of hydrogen-bond donors (Lipinski definition) is 0. The molecular formula is C13H20N2S. The van der Waals surface area contributed by atoms with E-state index < -0.39 is 0 Å². The fourth-order valence-electron chi connectivity index (χ4n) is 2.23.